The summed E-state index contributed by atoms with van der Waals surface area (Å²) in [5, 5.41) is 0.604. The Morgan fingerprint density at radius 2 is 1.89 bits per heavy atom. The highest BCUT2D eigenvalue weighted by Crippen LogP contribution is 2.23. The highest BCUT2D eigenvalue weighted by molar-refractivity contribution is 6.30. The van der Waals surface area contributed by atoms with Crippen LogP contribution in [0.25, 0.3) is 6.08 Å². The smallest absolute Gasteiger partial charge is 0.185 e. The minimum Gasteiger partial charge on any atom is -0.496 e. The van der Waals surface area contributed by atoms with Crippen molar-refractivity contribution in [2.24, 2.45) is 0 Å². The van der Waals surface area contributed by atoms with Crippen molar-refractivity contribution in [2.45, 2.75) is 0 Å². The Morgan fingerprint density at radius 1 is 1.16 bits per heavy atom. The summed E-state index contributed by atoms with van der Waals surface area (Å²) in [5.74, 6) is 0.629. The predicted octanol–water partition coefficient (Wildman–Crippen LogP) is 4.24. The van der Waals surface area contributed by atoms with Crippen molar-refractivity contribution < 1.29 is 9.53 Å². The fourth-order valence-electron chi connectivity index (χ4n) is 1.70. The fourth-order valence-corrected chi connectivity index (χ4v) is 1.88. The van der Waals surface area contributed by atoms with Crippen molar-refractivity contribution in [3.63, 3.8) is 0 Å². The molecule has 0 aromatic heterocycles. The van der Waals surface area contributed by atoms with E-state index in [0.29, 0.717) is 16.3 Å². The summed E-state index contributed by atoms with van der Waals surface area (Å²) in [5.41, 5.74) is 1.43. The molecule has 2 aromatic rings. The van der Waals surface area contributed by atoms with Crippen LogP contribution in [0.1, 0.15) is 15.9 Å². The van der Waals surface area contributed by atoms with Crippen molar-refractivity contribution in [1.82, 2.24) is 0 Å². The Bertz CT molecular complexity index is 603. The molecule has 0 atom stereocenters. The number of benzene rings is 2. The van der Waals surface area contributed by atoms with Crippen LogP contribution in [0.5, 0.6) is 5.75 Å². The molecular weight excluding hydrogens is 260 g/mol. The first-order valence-corrected chi connectivity index (χ1v) is 6.19. The maximum absolute atomic E-state index is 11.9. The number of ketones is 1. The highest BCUT2D eigenvalue weighted by atomic mass is 35.5. The summed E-state index contributed by atoms with van der Waals surface area (Å²) < 4.78 is 5.22. The standard InChI is InChI=1S/C16H13ClO2/c1-19-16-10-8-14(17)11-13(16)7-9-15(18)12-5-3-2-4-6-12/h2-11H,1H3. The fraction of sp³-hybridized carbons (Fsp3) is 0.0625. The van der Waals surface area contributed by atoms with E-state index in [-0.39, 0.29) is 5.78 Å². The Kier molecular flexibility index (Phi) is 4.37. The summed E-state index contributed by atoms with van der Waals surface area (Å²) >= 11 is 5.93. The third-order valence-corrected chi connectivity index (χ3v) is 2.90. The summed E-state index contributed by atoms with van der Waals surface area (Å²) in [7, 11) is 1.58. The van der Waals surface area contributed by atoms with E-state index in [4.69, 9.17) is 16.3 Å². The van der Waals surface area contributed by atoms with Gasteiger partial charge in [0.05, 0.1) is 7.11 Å². The normalized spacial score (nSPS) is 10.6. The lowest BCUT2D eigenvalue weighted by atomic mass is 10.1. The quantitative estimate of drug-likeness (QED) is 0.614. The number of methoxy groups -OCH3 is 1. The van der Waals surface area contributed by atoms with Gasteiger partial charge in [-0.15, -0.1) is 0 Å². The summed E-state index contributed by atoms with van der Waals surface area (Å²) in [6.07, 6.45) is 3.23. The van der Waals surface area contributed by atoms with E-state index in [9.17, 15) is 4.79 Å². The Morgan fingerprint density at radius 3 is 2.58 bits per heavy atom. The van der Waals surface area contributed by atoms with Crippen molar-refractivity contribution in [2.75, 3.05) is 7.11 Å². The second kappa shape index (κ2) is 6.21. The number of carbonyl (C=O) groups is 1. The van der Waals surface area contributed by atoms with Gasteiger partial charge in [-0.3, -0.25) is 4.79 Å². The van der Waals surface area contributed by atoms with Crippen LogP contribution in [-0.2, 0) is 0 Å². The molecule has 2 aromatic carbocycles. The van der Waals surface area contributed by atoms with Gasteiger partial charge in [0.15, 0.2) is 5.78 Å². The average Bonchev–Trinajstić information content (AvgIpc) is 2.46. The van der Waals surface area contributed by atoms with Crippen LogP contribution in [0.4, 0.5) is 0 Å². The maximum atomic E-state index is 11.9. The van der Waals surface area contributed by atoms with Crippen molar-refractivity contribution in [3.8, 4) is 5.75 Å². The first-order valence-electron chi connectivity index (χ1n) is 5.81. The molecule has 2 rings (SSSR count). The molecule has 0 saturated carbocycles. The summed E-state index contributed by atoms with van der Waals surface area (Å²) in [6, 6.07) is 14.4. The largest absolute Gasteiger partial charge is 0.496 e. The van der Waals surface area contributed by atoms with Gasteiger partial charge in [0.1, 0.15) is 5.75 Å². The van der Waals surface area contributed by atoms with Crippen molar-refractivity contribution >= 4 is 23.5 Å². The lowest BCUT2D eigenvalue weighted by Gasteiger charge is -2.04. The second-order valence-corrected chi connectivity index (χ2v) is 4.39. The van der Waals surface area contributed by atoms with Crippen LogP contribution in [0.3, 0.4) is 0 Å². The first kappa shape index (κ1) is 13.4. The molecule has 96 valence electrons. The second-order valence-electron chi connectivity index (χ2n) is 3.95. The lowest BCUT2D eigenvalue weighted by molar-refractivity contribution is 0.104. The molecule has 0 spiro atoms. The van der Waals surface area contributed by atoms with E-state index < -0.39 is 0 Å². The highest BCUT2D eigenvalue weighted by Gasteiger charge is 2.03. The minimum atomic E-state index is -0.0531. The van der Waals surface area contributed by atoms with E-state index in [1.54, 1.807) is 43.5 Å². The third kappa shape index (κ3) is 3.46. The number of halogens is 1. The molecule has 2 nitrogen and oxygen atoms in total. The van der Waals surface area contributed by atoms with Crippen LogP contribution >= 0.6 is 11.6 Å². The van der Waals surface area contributed by atoms with Crippen LogP contribution in [0, 0.1) is 0 Å². The van der Waals surface area contributed by atoms with E-state index in [2.05, 4.69) is 0 Å². The number of rotatable bonds is 4. The minimum absolute atomic E-state index is 0.0531. The van der Waals surface area contributed by atoms with Gasteiger partial charge in [-0.2, -0.15) is 0 Å². The van der Waals surface area contributed by atoms with E-state index in [1.807, 2.05) is 18.2 Å². The molecule has 3 heteroatoms. The molecule has 0 heterocycles. The van der Waals surface area contributed by atoms with Gasteiger partial charge in [0, 0.05) is 16.1 Å². The van der Waals surface area contributed by atoms with Gasteiger partial charge in [-0.1, -0.05) is 41.9 Å². The third-order valence-electron chi connectivity index (χ3n) is 2.66. The molecule has 19 heavy (non-hydrogen) atoms. The van der Waals surface area contributed by atoms with E-state index in [0.717, 1.165) is 5.56 Å². The van der Waals surface area contributed by atoms with Crippen LogP contribution in [0.15, 0.2) is 54.6 Å². The zero-order chi connectivity index (χ0) is 13.7. The molecule has 0 bridgehead atoms. The average molecular weight is 273 g/mol. The van der Waals surface area contributed by atoms with E-state index >= 15 is 0 Å². The topological polar surface area (TPSA) is 26.3 Å². The van der Waals surface area contributed by atoms with Crippen LogP contribution in [-0.4, -0.2) is 12.9 Å². The number of ether oxygens (including phenoxy) is 1. The SMILES string of the molecule is COc1ccc(Cl)cc1C=CC(=O)c1ccccc1. The van der Waals surface area contributed by atoms with Gasteiger partial charge in [0.25, 0.3) is 0 Å². The molecule has 0 aliphatic carbocycles. The molecule has 0 unspecified atom stereocenters. The van der Waals surface area contributed by atoms with Crippen molar-refractivity contribution in [1.29, 1.82) is 0 Å². The Balaban J connectivity index is 2.23. The maximum Gasteiger partial charge on any atom is 0.185 e. The molecule has 0 fully saturated rings. The molecule has 0 radical (unpaired) electrons. The predicted molar refractivity (Wildman–Crippen MR) is 77.8 cm³/mol. The zero-order valence-corrected chi connectivity index (χ0v) is 11.2. The first-order chi connectivity index (χ1) is 9.20. The van der Waals surface area contributed by atoms with Gasteiger partial charge in [-0.05, 0) is 30.4 Å². The lowest BCUT2D eigenvalue weighted by Crippen LogP contribution is -1.93. The number of allylic oxidation sites excluding steroid dienone is 1. The summed E-state index contributed by atoms with van der Waals surface area (Å²) in [4.78, 5) is 11.9. The Labute approximate surface area is 117 Å². The molecule has 0 N–H and O–H groups in total. The summed E-state index contributed by atoms with van der Waals surface area (Å²) in [6.45, 7) is 0. The van der Waals surface area contributed by atoms with Gasteiger partial charge >= 0.3 is 0 Å². The molecular formula is C16H13ClO2. The van der Waals surface area contributed by atoms with Crippen LogP contribution < -0.4 is 4.74 Å². The molecule has 0 aliphatic rings. The molecule has 0 saturated heterocycles. The molecule has 0 amide bonds. The van der Waals surface area contributed by atoms with Crippen LogP contribution in [0.2, 0.25) is 5.02 Å². The number of carbonyl (C=O) groups excluding carboxylic acids is 1. The van der Waals surface area contributed by atoms with Gasteiger partial charge < -0.3 is 4.74 Å². The molecule has 0 aliphatic heterocycles. The number of hydrogen-bond acceptors (Lipinski definition) is 2. The van der Waals surface area contributed by atoms with Gasteiger partial charge in [0.2, 0.25) is 0 Å². The van der Waals surface area contributed by atoms with Gasteiger partial charge in [-0.25, -0.2) is 0 Å². The van der Waals surface area contributed by atoms with E-state index in [1.165, 1.54) is 6.08 Å². The zero-order valence-electron chi connectivity index (χ0n) is 10.5. The Hall–Kier alpha value is -2.06. The monoisotopic (exact) mass is 272 g/mol. The number of hydrogen-bond donors (Lipinski definition) is 0. The van der Waals surface area contributed by atoms with Crippen molar-refractivity contribution in [3.05, 3.63) is 70.8 Å².